The van der Waals surface area contributed by atoms with E-state index in [9.17, 15) is 9.59 Å². The van der Waals surface area contributed by atoms with Gasteiger partial charge in [0.25, 0.3) is 0 Å². The average molecular weight is 354 g/mol. The highest BCUT2D eigenvalue weighted by molar-refractivity contribution is 5.86. The molecule has 2 atom stereocenters. The molecule has 0 fully saturated rings. The Balaban J connectivity index is 0. The predicted molar refractivity (Wildman–Crippen MR) is 90.6 cm³/mol. The van der Waals surface area contributed by atoms with Crippen molar-refractivity contribution in [3.05, 3.63) is 18.5 Å². The molecule has 0 aliphatic rings. The summed E-state index contributed by atoms with van der Waals surface area (Å²) in [5, 5.41) is 9.83. The molecule has 1 rings (SSSR count). The van der Waals surface area contributed by atoms with Gasteiger partial charge in [0.15, 0.2) is 0 Å². The van der Waals surface area contributed by atoms with Crippen molar-refractivity contribution in [2.24, 2.45) is 0 Å². The molecule has 0 spiro atoms. The molecule has 0 aliphatic heterocycles. The Bertz CT molecular complexity index is 442. The zero-order valence-corrected chi connectivity index (χ0v) is 14.9. The van der Waals surface area contributed by atoms with Crippen LogP contribution < -0.4 is 10.6 Å². The van der Waals surface area contributed by atoms with Crippen molar-refractivity contribution < 1.29 is 9.59 Å². The molecule has 22 heavy (non-hydrogen) atoms. The molecule has 128 valence electrons. The molecule has 1 aromatic heterocycles. The van der Waals surface area contributed by atoms with Crippen LogP contribution in [0.3, 0.4) is 0 Å². The Morgan fingerprint density at radius 1 is 1.32 bits per heavy atom. The molecule has 2 unspecified atom stereocenters. The van der Waals surface area contributed by atoms with Crippen molar-refractivity contribution in [1.29, 1.82) is 0 Å². The predicted octanol–water partition coefficient (Wildman–Crippen LogP) is 0.470. The lowest BCUT2D eigenvalue weighted by Gasteiger charge is -2.21. The first-order chi connectivity index (χ1) is 9.45. The Labute approximate surface area is 143 Å². The van der Waals surface area contributed by atoms with E-state index in [2.05, 4.69) is 15.7 Å². The van der Waals surface area contributed by atoms with Crippen LogP contribution in [0.4, 0.5) is 0 Å². The standard InChI is InChI=1S/C13H23N5O2.2ClH/c1-10(14-3)8-15-12(19)9-17(4)13(20)11(2)18-7-5-6-16-18;;/h5-7,10-11,14H,8-9H2,1-4H3,(H,15,19);2*1H. The lowest BCUT2D eigenvalue weighted by atomic mass is 10.3. The third-order valence-electron chi connectivity index (χ3n) is 3.13. The Kier molecular flexibility index (Phi) is 11.8. The molecular formula is C13H25Cl2N5O2. The van der Waals surface area contributed by atoms with Crippen LogP contribution in [0.2, 0.25) is 0 Å². The molecular weight excluding hydrogens is 329 g/mol. The number of nitrogens with zero attached hydrogens (tertiary/aromatic N) is 3. The summed E-state index contributed by atoms with van der Waals surface area (Å²) in [7, 11) is 3.45. The summed E-state index contributed by atoms with van der Waals surface area (Å²) >= 11 is 0. The quantitative estimate of drug-likeness (QED) is 0.746. The van der Waals surface area contributed by atoms with Crippen LogP contribution >= 0.6 is 24.8 Å². The fraction of sp³-hybridized carbons (Fsp3) is 0.615. The van der Waals surface area contributed by atoms with Gasteiger partial charge in [-0.2, -0.15) is 5.10 Å². The number of carbonyl (C=O) groups excluding carboxylic acids is 2. The first kappa shape index (κ1) is 23.0. The fourth-order valence-electron chi connectivity index (χ4n) is 1.66. The molecule has 0 saturated heterocycles. The van der Waals surface area contributed by atoms with Crippen LogP contribution in [0.25, 0.3) is 0 Å². The van der Waals surface area contributed by atoms with Gasteiger partial charge in [0, 0.05) is 32.0 Å². The van der Waals surface area contributed by atoms with E-state index in [1.807, 2.05) is 14.0 Å². The summed E-state index contributed by atoms with van der Waals surface area (Å²) in [5.74, 6) is -0.318. The highest BCUT2D eigenvalue weighted by Crippen LogP contribution is 2.06. The molecule has 7 nitrogen and oxygen atoms in total. The number of rotatable bonds is 7. The second-order valence-corrected chi connectivity index (χ2v) is 4.85. The van der Waals surface area contributed by atoms with E-state index >= 15 is 0 Å². The lowest BCUT2D eigenvalue weighted by molar-refractivity contribution is -0.137. The third-order valence-corrected chi connectivity index (χ3v) is 3.13. The van der Waals surface area contributed by atoms with Crippen LogP contribution in [-0.4, -0.2) is 59.7 Å². The molecule has 0 aromatic carbocycles. The second kappa shape index (κ2) is 11.3. The molecule has 2 N–H and O–H groups in total. The van der Waals surface area contributed by atoms with Gasteiger partial charge in [-0.15, -0.1) is 24.8 Å². The highest BCUT2D eigenvalue weighted by Gasteiger charge is 2.21. The van der Waals surface area contributed by atoms with E-state index in [1.165, 1.54) is 4.90 Å². The minimum atomic E-state index is -0.418. The molecule has 2 amide bonds. The van der Waals surface area contributed by atoms with Crippen molar-refractivity contribution in [1.82, 2.24) is 25.3 Å². The van der Waals surface area contributed by atoms with Crippen LogP contribution in [0.15, 0.2) is 18.5 Å². The van der Waals surface area contributed by atoms with E-state index in [0.717, 1.165) is 0 Å². The van der Waals surface area contributed by atoms with Crippen molar-refractivity contribution in [2.45, 2.75) is 25.9 Å². The van der Waals surface area contributed by atoms with Crippen molar-refractivity contribution in [2.75, 3.05) is 27.2 Å². The average Bonchev–Trinajstić information content (AvgIpc) is 2.96. The third kappa shape index (κ3) is 7.11. The van der Waals surface area contributed by atoms with Gasteiger partial charge in [0.1, 0.15) is 6.04 Å². The number of nitrogens with one attached hydrogen (secondary N) is 2. The maximum atomic E-state index is 12.1. The summed E-state index contributed by atoms with van der Waals surface area (Å²) in [6, 6.07) is 1.54. The normalized spacial score (nSPS) is 12.4. The zero-order chi connectivity index (χ0) is 15.1. The van der Waals surface area contributed by atoms with Gasteiger partial charge >= 0.3 is 0 Å². The minimum absolute atomic E-state index is 0. The van der Waals surface area contributed by atoms with Crippen LogP contribution in [0.1, 0.15) is 19.9 Å². The van der Waals surface area contributed by atoms with E-state index in [-0.39, 0.29) is 49.2 Å². The summed E-state index contributed by atoms with van der Waals surface area (Å²) in [6.45, 7) is 4.30. The molecule has 9 heteroatoms. The summed E-state index contributed by atoms with van der Waals surface area (Å²) in [6.07, 6.45) is 3.35. The van der Waals surface area contributed by atoms with Gasteiger partial charge in [-0.05, 0) is 27.0 Å². The number of amides is 2. The minimum Gasteiger partial charge on any atom is -0.353 e. The molecule has 0 bridgehead atoms. The summed E-state index contributed by atoms with van der Waals surface area (Å²) < 4.78 is 1.57. The molecule has 1 aromatic rings. The van der Waals surface area contributed by atoms with E-state index in [4.69, 9.17) is 0 Å². The summed E-state index contributed by atoms with van der Waals surface area (Å²) in [4.78, 5) is 25.3. The molecule has 0 saturated carbocycles. The number of hydrogen-bond donors (Lipinski definition) is 2. The second-order valence-electron chi connectivity index (χ2n) is 4.85. The summed E-state index contributed by atoms with van der Waals surface area (Å²) in [5.41, 5.74) is 0. The van der Waals surface area contributed by atoms with Gasteiger partial charge in [0.2, 0.25) is 11.8 Å². The van der Waals surface area contributed by atoms with Crippen LogP contribution in [0.5, 0.6) is 0 Å². The molecule has 1 heterocycles. The van der Waals surface area contributed by atoms with Gasteiger partial charge in [-0.3, -0.25) is 14.3 Å². The zero-order valence-electron chi connectivity index (χ0n) is 13.3. The number of likely N-dealkylation sites (N-methyl/N-ethyl adjacent to an activating group) is 2. The van der Waals surface area contributed by atoms with Gasteiger partial charge < -0.3 is 15.5 Å². The van der Waals surface area contributed by atoms with Crippen LogP contribution in [0, 0.1) is 0 Å². The monoisotopic (exact) mass is 353 g/mol. The Hall–Kier alpha value is -1.31. The van der Waals surface area contributed by atoms with Crippen molar-refractivity contribution >= 4 is 36.6 Å². The first-order valence-electron chi connectivity index (χ1n) is 6.63. The maximum Gasteiger partial charge on any atom is 0.247 e. The fourth-order valence-corrected chi connectivity index (χ4v) is 1.66. The number of carbonyl (C=O) groups is 2. The van der Waals surface area contributed by atoms with Gasteiger partial charge in [-0.25, -0.2) is 0 Å². The smallest absolute Gasteiger partial charge is 0.247 e. The lowest BCUT2D eigenvalue weighted by Crippen LogP contribution is -2.44. The Morgan fingerprint density at radius 3 is 2.45 bits per heavy atom. The van der Waals surface area contributed by atoms with E-state index in [0.29, 0.717) is 6.54 Å². The van der Waals surface area contributed by atoms with Crippen molar-refractivity contribution in [3.8, 4) is 0 Å². The van der Waals surface area contributed by atoms with Gasteiger partial charge in [0.05, 0.1) is 6.54 Å². The SMILES string of the molecule is CNC(C)CNC(=O)CN(C)C(=O)C(C)n1cccn1.Cl.Cl. The maximum absolute atomic E-state index is 12.1. The van der Waals surface area contributed by atoms with Gasteiger partial charge in [-0.1, -0.05) is 0 Å². The van der Waals surface area contributed by atoms with E-state index < -0.39 is 6.04 Å². The van der Waals surface area contributed by atoms with E-state index in [1.54, 1.807) is 37.1 Å². The number of aromatic nitrogens is 2. The Morgan fingerprint density at radius 2 is 1.95 bits per heavy atom. The molecule has 0 aliphatic carbocycles. The largest absolute Gasteiger partial charge is 0.353 e. The van der Waals surface area contributed by atoms with Crippen LogP contribution in [-0.2, 0) is 9.59 Å². The first-order valence-corrected chi connectivity index (χ1v) is 6.63. The number of hydrogen-bond acceptors (Lipinski definition) is 4. The van der Waals surface area contributed by atoms with Crippen molar-refractivity contribution in [3.63, 3.8) is 0 Å². The highest BCUT2D eigenvalue weighted by atomic mass is 35.5. The number of halogens is 2. The topological polar surface area (TPSA) is 79.3 Å². The molecule has 0 radical (unpaired) electrons.